The van der Waals surface area contributed by atoms with Gasteiger partial charge in [-0.15, -0.1) is 5.10 Å². The highest BCUT2D eigenvalue weighted by atomic mass is 16.5. The molecule has 2 aliphatic rings. The largest absolute Gasteiger partial charge is 0.381 e. The van der Waals surface area contributed by atoms with Gasteiger partial charge in [-0.05, 0) is 48.9 Å². The highest BCUT2D eigenvalue weighted by molar-refractivity contribution is 5.93. The topological polar surface area (TPSA) is 72.3 Å². The lowest BCUT2D eigenvalue weighted by Crippen LogP contribution is -2.42. The third-order valence-electron chi connectivity index (χ3n) is 6.61. The van der Waals surface area contributed by atoms with E-state index in [1.165, 1.54) is 11.1 Å². The molecule has 3 aromatic rings. The van der Waals surface area contributed by atoms with Crippen LogP contribution < -0.4 is 5.32 Å². The molecular weight excluding hydrogens is 402 g/mol. The summed E-state index contributed by atoms with van der Waals surface area (Å²) in [5, 5.41) is 11.5. The number of hydrogen-bond donors (Lipinski definition) is 1. The average Bonchev–Trinajstić information content (AvgIpc) is 3.24. The molecule has 1 N–H and O–H groups in total. The van der Waals surface area contributed by atoms with Crippen molar-refractivity contribution in [3.05, 3.63) is 76.6 Å². The van der Waals surface area contributed by atoms with E-state index in [4.69, 9.17) is 4.74 Å². The number of fused-ring (bicyclic) bond motifs is 1. The summed E-state index contributed by atoms with van der Waals surface area (Å²) in [5.41, 5.74) is 5.86. The summed E-state index contributed by atoms with van der Waals surface area (Å²) in [7, 11) is 0. The summed E-state index contributed by atoms with van der Waals surface area (Å²) in [4.78, 5) is 15.3. The van der Waals surface area contributed by atoms with Crippen molar-refractivity contribution in [2.24, 2.45) is 0 Å². The Labute approximate surface area is 188 Å². The Bertz CT molecular complexity index is 1090. The van der Waals surface area contributed by atoms with Gasteiger partial charge in [0.1, 0.15) is 0 Å². The lowest BCUT2D eigenvalue weighted by molar-refractivity contribution is 0.0290. The van der Waals surface area contributed by atoms with Gasteiger partial charge in [-0.1, -0.05) is 47.7 Å². The van der Waals surface area contributed by atoms with Crippen molar-refractivity contribution in [1.29, 1.82) is 0 Å². The first-order valence-electron chi connectivity index (χ1n) is 11.4. The molecule has 0 spiro atoms. The maximum absolute atomic E-state index is 12.7. The van der Waals surface area contributed by atoms with E-state index in [1.54, 1.807) is 0 Å². The van der Waals surface area contributed by atoms with Crippen LogP contribution in [0.3, 0.4) is 0 Å². The van der Waals surface area contributed by atoms with Crippen LogP contribution in [-0.4, -0.2) is 51.6 Å². The molecule has 0 unspecified atom stereocenters. The summed E-state index contributed by atoms with van der Waals surface area (Å²) >= 11 is 0. The van der Waals surface area contributed by atoms with E-state index >= 15 is 0 Å². The molecule has 0 aliphatic carbocycles. The van der Waals surface area contributed by atoms with E-state index in [-0.39, 0.29) is 5.91 Å². The number of benzene rings is 2. The minimum Gasteiger partial charge on any atom is -0.381 e. The molecule has 0 atom stereocenters. The number of nitrogens with zero attached hydrogens (tertiary/aromatic N) is 4. The molecule has 2 aromatic carbocycles. The summed E-state index contributed by atoms with van der Waals surface area (Å²) in [6.07, 6.45) is 3.19. The van der Waals surface area contributed by atoms with Gasteiger partial charge in [0.15, 0.2) is 5.69 Å². The summed E-state index contributed by atoms with van der Waals surface area (Å²) < 4.78 is 7.36. The van der Waals surface area contributed by atoms with Gasteiger partial charge >= 0.3 is 0 Å². The molecule has 5 rings (SSSR count). The Morgan fingerprint density at radius 1 is 1.12 bits per heavy atom. The fraction of sp³-hybridized carbons (Fsp3) is 0.400. The van der Waals surface area contributed by atoms with Crippen LogP contribution >= 0.6 is 0 Å². The number of nitrogens with one attached hydrogen (secondary N) is 1. The van der Waals surface area contributed by atoms with E-state index in [1.807, 2.05) is 41.9 Å². The van der Waals surface area contributed by atoms with E-state index < -0.39 is 0 Å². The number of aromatic nitrogens is 3. The highest BCUT2D eigenvalue weighted by Gasteiger charge is 2.27. The zero-order valence-electron chi connectivity index (χ0n) is 18.5. The van der Waals surface area contributed by atoms with Crippen molar-refractivity contribution in [2.45, 2.75) is 45.3 Å². The van der Waals surface area contributed by atoms with Crippen molar-refractivity contribution < 1.29 is 9.53 Å². The van der Waals surface area contributed by atoms with E-state index in [0.717, 1.165) is 62.5 Å². The van der Waals surface area contributed by atoms with Crippen LogP contribution in [0, 0.1) is 6.92 Å². The first-order chi connectivity index (χ1) is 15.7. The van der Waals surface area contributed by atoms with Gasteiger partial charge in [-0.2, -0.15) is 0 Å². The predicted octanol–water partition coefficient (Wildman–Crippen LogP) is 3.04. The fourth-order valence-corrected chi connectivity index (χ4v) is 4.80. The van der Waals surface area contributed by atoms with Crippen molar-refractivity contribution in [3.63, 3.8) is 0 Å². The molecule has 7 heteroatoms. The maximum Gasteiger partial charge on any atom is 0.274 e. The van der Waals surface area contributed by atoms with E-state index in [9.17, 15) is 4.79 Å². The maximum atomic E-state index is 12.7. The van der Waals surface area contributed by atoms with E-state index in [0.29, 0.717) is 18.3 Å². The molecule has 2 aliphatic heterocycles. The predicted molar refractivity (Wildman–Crippen MR) is 122 cm³/mol. The lowest BCUT2D eigenvalue weighted by atomic mass is 9.95. The molecular formula is C25H29N5O2. The minimum atomic E-state index is -0.201. The zero-order valence-corrected chi connectivity index (χ0v) is 18.5. The van der Waals surface area contributed by atoms with Gasteiger partial charge in [0, 0.05) is 38.9 Å². The Kier molecular flexibility index (Phi) is 6.01. The second-order valence-electron chi connectivity index (χ2n) is 8.58. The molecule has 0 radical (unpaired) electrons. The zero-order chi connectivity index (χ0) is 21.9. The molecule has 32 heavy (non-hydrogen) atoms. The molecule has 1 aromatic heterocycles. The smallest absolute Gasteiger partial charge is 0.274 e. The summed E-state index contributed by atoms with van der Waals surface area (Å²) in [5.74, 6) is -0.201. The average molecular weight is 432 g/mol. The molecule has 3 heterocycles. The minimum absolute atomic E-state index is 0.201. The number of rotatable bonds is 5. The van der Waals surface area contributed by atoms with Gasteiger partial charge in [-0.25, -0.2) is 4.68 Å². The van der Waals surface area contributed by atoms with Gasteiger partial charge in [-0.3, -0.25) is 9.69 Å². The lowest BCUT2D eigenvalue weighted by Gasteiger charge is -2.38. The molecule has 166 valence electrons. The summed E-state index contributed by atoms with van der Waals surface area (Å²) in [6.45, 7) is 6.09. The van der Waals surface area contributed by atoms with Crippen LogP contribution in [-0.2, 0) is 24.2 Å². The number of carbonyl (C=O) groups excluding carboxylic acids is 1. The van der Waals surface area contributed by atoms with Gasteiger partial charge < -0.3 is 10.1 Å². The number of ether oxygens (including phenoxy) is 1. The monoisotopic (exact) mass is 431 g/mol. The number of amides is 1. The molecule has 1 saturated heterocycles. The molecule has 1 fully saturated rings. The van der Waals surface area contributed by atoms with E-state index in [2.05, 4.69) is 38.7 Å². The highest BCUT2D eigenvalue weighted by Crippen LogP contribution is 2.29. The first kappa shape index (κ1) is 20.8. The van der Waals surface area contributed by atoms with Crippen LogP contribution in [0.1, 0.15) is 45.7 Å². The Morgan fingerprint density at radius 2 is 1.94 bits per heavy atom. The van der Waals surface area contributed by atoms with Gasteiger partial charge in [0.25, 0.3) is 5.91 Å². The van der Waals surface area contributed by atoms with Crippen molar-refractivity contribution in [2.75, 3.05) is 19.8 Å². The van der Waals surface area contributed by atoms with Crippen LogP contribution in [0.5, 0.6) is 0 Å². The van der Waals surface area contributed by atoms with Crippen LogP contribution in [0.25, 0.3) is 5.69 Å². The second kappa shape index (κ2) is 9.22. The fourth-order valence-electron chi connectivity index (χ4n) is 4.80. The Balaban J connectivity index is 1.34. The quantitative estimate of drug-likeness (QED) is 0.672. The molecule has 0 bridgehead atoms. The third kappa shape index (κ3) is 4.18. The standard InChI is InChI=1S/C25H29N5O2/c1-18-24(25(31)26-16-19-6-3-2-4-7-19)27-28-30(18)23-9-5-8-20-17-29(13-10-22(20)23)21-11-14-32-15-12-21/h2-9,21H,10-17H2,1H3,(H,26,31). The Morgan fingerprint density at radius 3 is 2.75 bits per heavy atom. The molecule has 1 amide bonds. The normalized spacial score (nSPS) is 17.2. The molecule has 7 nitrogen and oxygen atoms in total. The van der Waals surface area contributed by atoms with Crippen molar-refractivity contribution in [1.82, 2.24) is 25.2 Å². The van der Waals surface area contributed by atoms with Crippen molar-refractivity contribution >= 4 is 5.91 Å². The number of carbonyl (C=O) groups is 1. The third-order valence-corrected chi connectivity index (χ3v) is 6.61. The Hall–Kier alpha value is -3.03. The van der Waals surface area contributed by atoms with Crippen LogP contribution in [0.2, 0.25) is 0 Å². The van der Waals surface area contributed by atoms with Crippen LogP contribution in [0.4, 0.5) is 0 Å². The summed E-state index contributed by atoms with van der Waals surface area (Å²) in [6, 6.07) is 16.8. The SMILES string of the molecule is Cc1c(C(=O)NCc2ccccc2)nnn1-c1cccc2c1CCN(C1CCOCC1)C2. The van der Waals surface area contributed by atoms with Gasteiger partial charge in [0.05, 0.1) is 11.4 Å². The van der Waals surface area contributed by atoms with Crippen molar-refractivity contribution in [3.8, 4) is 5.69 Å². The van der Waals surface area contributed by atoms with Gasteiger partial charge in [0.2, 0.25) is 0 Å². The second-order valence-corrected chi connectivity index (χ2v) is 8.58. The van der Waals surface area contributed by atoms with Crippen LogP contribution in [0.15, 0.2) is 48.5 Å². The molecule has 0 saturated carbocycles. The number of hydrogen-bond acceptors (Lipinski definition) is 5. The first-order valence-corrected chi connectivity index (χ1v) is 11.4.